The van der Waals surface area contributed by atoms with Gasteiger partial charge in [-0.3, -0.25) is 0 Å². The van der Waals surface area contributed by atoms with Crippen molar-refractivity contribution < 1.29 is 9.63 Å². The Bertz CT molecular complexity index is 244. The molecule has 0 fully saturated rings. The summed E-state index contributed by atoms with van der Waals surface area (Å²) in [6.07, 6.45) is 0. The Balaban J connectivity index is 2.93. The van der Waals surface area contributed by atoms with Crippen LogP contribution >= 0.6 is 11.3 Å². The van der Waals surface area contributed by atoms with Crippen molar-refractivity contribution in [3.05, 3.63) is 21.9 Å². The first-order chi connectivity index (χ1) is 4.75. The predicted molar refractivity (Wildman–Crippen MR) is 38.7 cm³/mol. The highest BCUT2D eigenvalue weighted by Crippen LogP contribution is 2.14. The summed E-state index contributed by atoms with van der Waals surface area (Å²) in [6.45, 7) is 1.84. The van der Waals surface area contributed by atoms with E-state index in [-0.39, 0.29) is 0 Å². The third-order valence-corrected chi connectivity index (χ3v) is 2.03. The Morgan fingerprint density at radius 2 is 2.50 bits per heavy atom. The normalized spacial score (nSPS) is 9.40. The van der Waals surface area contributed by atoms with Gasteiger partial charge in [-0.1, -0.05) is 0 Å². The smallest absolute Gasteiger partial charge is 0.357 e. The van der Waals surface area contributed by atoms with E-state index in [0.717, 1.165) is 4.88 Å². The van der Waals surface area contributed by atoms with Crippen LogP contribution in [0.25, 0.3) is 0 Å². The molecule has 0 saturated carbocycles. The number of rotatable bonds is 1. The fourth-order valence-electron chi connectivity index (χ4n) is 0.660. The number of nitrogens with two attached hydrogens (primary N) is 1. The highest BCUT2D eigenvalue weighted by molar-refractivity contribution is 7.10. The Kier molecular flexibility index (Phi) is 2.03. The summed E-state index contributed by atoms with van der Waals surface area (Å²) in [6, 6.07) is 1.69. The molecule has 54 valence electrons. The molecule has 0 amide bonds. The van der Waals surface area contributed by atoms with E-state index in [0.29, 0.717) is 5.56 Å². The summed E-state index contributed by atoms with van der Waals surface area (Å²) in [4.78, 5) is 15.7. The van der Waals surface area contributed by atoms with Crippen molar-refractivity contribution >= 4 is 17.3 Å². The minimum Gasteiger partial charge on any atom is -0.370 e. The molecule has 4 heteroatoms. The summed E-state index contributed by atoms with van der Waals surface area (Å²) in [5.41, 5.74) is 0.549. The third-order valence-electron chi connectivity index (χ3n) is 1.19. The van der Waals surface area contributed by atoms with Crippen LogP contribution in [0.2, 0.25) is 0 Å². The van der Waals surface area contributed by atoms with Crippen LogP contribution in [0.5, 0.6) is 0 Å². The van der Waals surface area contributed by atoms with Crippen molar-refractivity contribution in [1.82, 2.24) is 0 Å². The van der Waals surface area contributed by atoms with E-state index in [9.17, 15) is 4.79 Å². The quantitative estimate of drug-likeness (QED) is 0.621. The first-order valence-electron chi connectivity index (χ1n) is 2.71. The molecule has 1 aromatic heterocycles. The topological polar surface area (TPSA) is 52.3 Å². The van der Waals surface area contributed by atoms with Gasteiger partial charge < -0.3 is 4.84 Å². The Morgan fingerprint density at radius 1 is 1.80 bits per heavy atom. The van der Waals surface area contributed by atoms with Gasteiger partial charge in [0, 0.05) is 4.88 Å². The fourth-order valence-corrected chi connectivity index (χ4v) is 1.35. The number of hydrogen-bond acceptors (Lipinski definition) is 4. The molecular formula is C6H7NO2S. The van der Waals surface area contributed by atoms with Crippen LogP contribution in [0.1, 0.15) is 15.2 Å². The summed E-state index contributed by atoms with van der Waals surface area (Å²) < 4.78 is 0. The lowest BCUT2D eigenvalue weighted by molar-refractivity contribution is 0.0503. The van der Waals surface area contributed by atoms with Crippen LogP contribution in [0.3, 0.4) is 0 Å². The van der Waals surface area contributed by atoms with Crippen molar-refractivity contribution in [3.63, 3.8) is 0 Å². The summed E-state index contributed by atoms with van der Waals surface area (Å²) in [7, 11) is 0. The molecule has 0 aromatic carbocycles. The van der Waals surface area contributed by atoms with Crippen molar-refractivity contribution in [2.24, 2.45) is 5.90 Å². The average Bonchev–Trinajstić information content (AvgIpc) is 2.34. The van der Waals surface area contributed by atoms with Gasteiger partial charge in [0.25, 0.3) is 0 Å². The van der Waals surface area contributed by atoms with Gasteiger partial charge in [-0.05, 0) is 18.4 Å². The van der Waals surface area contributed by atoms with E-state index in [4.69, 9.17) is 0 Å². The molecule has 0 unspecified atom stereocenters. The van der Waals surface area contributed by atoms with Gasteiger partial charge in [-0.15, -0.1) is 11.3 Å². The Hall–Kier alpha value is -0.870. The Labute approximate surface area is 62.4 Å². The molecule has 1 heterocycles. The van der Waals surface area contributed by atoms with E-state index in [1.165, 1.54) is 11.3 Å². The second kappa shape index (κ2) is 2.81. The summed E-state index contributed by atoms with van der Waals surface area (Å²) >= 11 is 1.49. The first kappa shape index (κ1) is 7.24. The zero-order chi connectivity index (χ0) is 7.56. The first-order valence-corrected chi connectivity index (χ1v) is 3.59. The molecule has 0 aliphatic rings. The molecule has 10 heavy (non-hydrogen) atoms. The monoisotopic (exact) mass is 157 g/mol. The molecule has 1 aromatic rings. The standard InChI is InChI=1S/C6H7NO2S/c1-4-5(2-3-10-4)6(8)9-7/h2-3H,7H2,1H3. The maximum atomic E-state index is 10.8. The van der Waals surface area contributed by atoms with Gasteiger partial charge in [-0.2, -0.15) is 5.90 Å². The number of thiophene rings is 1. The molecule has 0 aliphatic carbocycles. The van der Waals surface area contributed by atoms with Gasteiger partial charge in [0.2, 0.25) is 0 Å². The lowest BCUT2D eigenvalue weighted by atomic mass is 10.3. The molecule has 2 N–H and O–H groups in total. The summed E-state index contributed by atoms with van der Waals surface area (Å²) in [5, 5.41) is 1.82. The molecule has 0 atom stereocenters. The van der Waals surface area contributed by atoms with Crippen molar-refractivity contribution in [2.75, 3.05) is 0 Å². The van der Waals surface area contributed by atoms with Crippen molar-refractivity contribution in [2.45, 2.75) is 6.92 Å². The van der Waals surface area contributed by atoms with Gasteiger partial charge in [-0.25, -0.2) is 4.79 Å². The SMILES string of the molecule is Cc1sccc1C(=O)ON. The second-order valence-electron chi connectivity index (χ2n) is 1.80. The number of hydrogen-bond donors (Lipinski definition) is 1. The zero-order valence-corrected chi connectivity index (χ0v) is 6.27. The van der Waals surface area contributed by atoms with Crippen LogP contribution in [0, 0.1) is 6.92 Å². The molecule has 3 nitrogen and oxygen atoms in total. The molecule has 0 spiro atoms. The Morgan fingerprint density at radius 3 is 2.90 bits per heavy atom. The van der Waals surface area contributed by atoms with Crippen LogP contribution < -0.4 is 5.90 Å². The van der Waals surface area contributed by atoms with E-state index in [2.05, 4.69) is 10.7 Å². The highest BCUT2D eigenvalue weighted by Gasteiger charge is 2.08. The minimum absolute atomic E-state index is 0.473. The van der Waals surface area contributed by atoms with Crippen LogP contribution in [0.15, 0.2) is 11.4 Å². The number of carbonyl (C=O) groups is 1. The fraction of sp³-hybridized carbons (Fsp3) is 0.167. The van der Waals surface area contributed by atoms with Crippen molar-refractivity contribution in [1.29, 1.82) is 0 Å². The molecule has 1 rings (SSSR count). The number of aryl methyl sites for hydroxylation is 1. The maximum Gasteiger partial charge on any atom is 0.357 e. The summed E-state index contributed by atoms with van der Waals surface area (Å²) in [5.74, 6) is 4.21. The second-order valence-corrected chi connectivity index (χ2v) is 2.92. The van der Waals surface area contributed by atoms with Gasteiger partial charge in [0.15, 0.2) is 0 Å². The van der Waals surface area contributed by atoms with Gasteiger partial charge in [0.05, 0.1) is 5.56 Å². The van der Waals surface area contributed by atoms with Crippen molar-refractivity contribution in [3.8, 4) is 0 Å². The molecule has 0 saturated heterocycles. The molecule has 0 aliphatic heterocycles. The van der Waals surface area contributed by atoms with Crippen LogP contribution in [0.4, 0.5) is 0 Å². The lowest BCUT2D eigenvalue weighted by Gasteiger charge is -1.93. The van der Waals surface area contributed by atoms with E-state index in [1.807, 2.05) is 12.3 Å². The number of carbonyl (C=O) groups excluding carboxylic acids is 1. The zero-order valence-electron chi connectivity index (χ0n) is 5.46. The van der Waals surface area contributed by atoms with Crippen LogP contribution in [-0.4, -0.2) is 5.97 Å². The highest BCUT2D eigenvalue weighted by atomic mass is 32.1. The third kappa shape index (κ3) is 1.17. The van der Waals surface area contributed by atoms with E-state index < -0.39 is 5.97 Å². The predicted octanol–water partition coefficient (Wildman–Crippen LogP) is 1.09. The molecule has 0 bridgehead atoms. The maximum absolute atomic E-state index is 10.8. The molecular weight excluding hydrogens is 150 g/mol. The van der Waals surface area contributed by atoms with Gasteiger partial charge >= 0.3 is 5.97 Å². The van der Waals surface area contributed by atoms with Gasteiger partial charge in [0.1, 0.15) is 0 Å². The largest absolute Gasteiger partial charge is 0.370 e. The average molecular weight is 157 g/mol. The minimum atomic E-state index is -0.473. The van der Waals surface area contributed by atoms with E-state index >= 15 is 0 Å². The van der Waals surface area contributed by atoms with Crippen LogP contribution in [-0.2, 0) is 4.84 Å². The van der Waals surface area contributed by atoms with E-state index in [1.54, 1.807) is 6.07 Å². The molecule has 0 radical (unpaired) electrons. The lowest BCUT2D eigenvalue weighted by Crippen LogP contribution is -2.09.